The number of rotatable bonds is 1. The van der Waals surface area contributed by atoms with Crippen LogP contribution in [-0.4, -0.2) is 21.6 Å². The molecule has 2 nitrogen and oxygen atoms in total. The van der Waals surface area contributed by atoms with E-state index in [-0.39, 0.29) is 8.41 Å². The molecule has 0 saturated carbocycles. The summed E-state index contributed by atoms with van der Waals surface area (Å²) in [5, 5.41) is 4.59. The van der Waals surface area contributed by atoms with Crippen LogP contribution in [0.25, 0.3) is 0 Å². The summed E-state index contributed by atoms with van der Waals surface area (Å²) in [6.45, 7) is 1.83. The largest absolute Gasteiger partial charge is 0.338 e. The van der Waals surface area contributed by atoms with Crippen molar-refractivity contribution in [2.75, 3.05) is 13.2 Å². The summed E-state index contributed by atoms with van der Waals surface area (Å²) >= 11 is 0. The molecule has 1 fully saturated rings. The maximum atomic E-state index is 5.49. The van der Waals surface area contributed by atoms with Crippen LogP contribution in [-0.2, 0) is 4.52 Å². The Labute approximate surface area is 75.8 Å². The van der Waals surface area contributed by atoms with E-state index in [0.717, 1.165) is 13.2 Å². The molecule has 12 heavy (non-hydrogen) atoms. The number of benzene rings is 1. The summed E-state index contributed by atoms with van der Waals surface area (Å²) in [7, 11) is -0.490. The van der Waals surface area contributed by atoms with Crippen molar-refractivity contribution in [3.63, 3.8) is 0 Å². The van der Waals surface area contributed by atoms with Crippen molar-refractivity contribution in [2.24, 2.45) is 0 Å². The fourth-order valence-electron chi connectivity index (χ4n) is 1.06. The molecule has 0 aliphatic carbocycles. The Balaban J connectivity index is 0.000000720. The van der Waals surface area contributed by atoms with Crippen LogP contribution in [0.15, 0.2) is 30.3 Å². The van der Waals surface area contributed by atoms with E-state index in [9.17, 15) is 0 Å². The molecule has 1 saturated heterocycles. The smallest absolute Gasteiger partial charge is 0.134 e. The average Bonchev–Trinajstić information content (AvgIpc) is 2.58. The normalized spacial score (nSPS) is 21.8. The molecule has 1 aromatic carbocycles. The zero-order chi connectivity index (χ0) is 7.52. The first-order valence-corrected chi connectivity index (χ1v) is 4.94. The van der Waals surface area contributed by atoms with Crippen LogP contribution in [0.1, 0.15) is 0 Å². The summed E-state index contributed by atoms with van der Waals surface area (Å²) in [5.74, 6) is 0. The van der Waals surface area contributed by atoms with Gasteiger partial charge in [0, 0.05) is 11.8 Å². The average molecular weight is 181 g/mol. The van der Waals surface area contributed by atoms with E-state index in [0.29, 0.717) is 0 Å². The Morgan fingerprint density at radius 1 is 1.25 bits per heavy atom. The van der Waals surface area contributed by atoms with Gasteiger partial charge in [-0.1, -0.05) is 30.3 Å². The Morgan fingerprint density at radius 2 is 2.00 bits per heavy atom. The second-order valence-electron chi connectivity index (χ2n) is 2.37. The maximum absolute atomic E-state index is 5.49. The van der Waals surface area contributed by atoms with E-state index in [1.54, 1.807) is 0 Å². The Kier molecular flexibility index (Phi) is 3.73. The summed E-state index contributed by atoms with van der Waals surface area (Å²) < 4.78 is 5.49. The van der Waals surface area contributed by atoms with Crippen LogP contribution < -0.4 is 10.4 Å². The third-order valence-electron chi connectivity index (χ3n) is 1.57. The van der Waals surface area contributed by atoms with Crippen molar-refractivity contribution in [2.45, 2.75) is 0 Å². The van der Waals surface area contributed by atoms with Crippen molar-refractivity contribution in [1.29, 1.82) is 0 Å². The lowest BCUT2D eigenvalue weighted by Crippen LogP contribution is -2.08. The molecule has 64 valence electrons. The van der Waals surface area contributed by atoms with Crippen molar-refractivity contribution in [3.8, 4) is 0 Å². The quantitative estimate of drug-likeness (QED) is 0.488. The lowest BCUT2D eigenvalue weighted by molar-refractivity contribution is 0.402. The molecule has 4 heteroatoms. The van der Waals surface area contributed by atoms with E-state index >= 15 is 0 Å². The van der Waals surface area contributed by atoms with Gasteiger partial charge < -0.3 is 4.52 Å². The predicted octanol–water partition coefficient (Wildman–Crippen LogP) is 0.0597. The highest BCUT2D eigenvalue weighted by Gasteiger charge is 2.15. The lowest BCUT2D eigenvalue weighted by atomic mass is 10.4. The Morgan fingerprint density at radius 3 is 2.58 bits per heavy atom. The SMILES string of the molecule is B.c1ccc(P2NCCO2)cc1. The molecule has 1 aromatic rings. The van der Waals surface area contributed by atoms with Crippen LogP contribution in [0.2, 0.25) is 0 Å². The topological polar surface area (TPSA) is 21.3 Å². The second kappa shape index (κ2) is 4.61. The fraction of sp³-hybridized carbons (Fsp3) is 0.250. The summed E-state index contributed by atoms with van der Waals surface area (Å²) in [5.41, 5.74) is 0. The minimum atomic E-state index is -0.490. The first-order chi connectivity index (χ1) is 5.47. The molecular formula is C8H13BNOP. The first kappa shape index (κ1) is 9.72. The van der Waals surface area contributed by atoms with Crippen molar-refractivity contribution in [1.82, 2.24) is 5.09 Å². The summed E-state index contributed by atoms with van der Waals surface area (Å²) in [4.78, 5) is 0. The molecule has 0 spiro atoms. The Hall–Kier alpha value is -0.365. The number of hydrogen-bond donors (Lipinski definition) is 1. The van der Waals surface area contributed by atoms with Crippen molar-refractivity contribution >= 4 is 22.0 Å². The van der Waals surface area contributed by atoms with E-state index < -0.39 is 8.30 Å². The molecule has 0 radical (unpaired) electrons. The van der Waals surface area contributed by atoms with Gasteiger partial charge in [0.25, 0.3) is 0 Å². The zero-order valence-corrected chi connectivity index (χ0v) is 7.05. The molecule has 1 atom stereocenters. The standard InChI is InChI=1S/C8H10NOP.BH3/c1-2-4-8(5-3-1)11-9-6-7-10-11;/h1-5,9H,6-7H2;1H3. The minimum Gasteiger partial charge on any atom is -0.338 e. The van der Waals surface area contributed by atoms with E-state index in [1.165, 1.54) is 5.30 Å². The highest BCUT2D eigenvalue weighted by Crippen LogP contribution is 2.33. The van der Waals surface area contributed by atoms with Crippen LogP contribution in [0.5, 0.6) is 0 Å². The van der Waals surface area contributed by atoms with Gasteiger partial charge in [0.05, 0.1) is 15.0 Å². The van der Waals surface area contributed by atoms with E-state index in [1.807, 2.05) is 18.2 Å². The molecule has 1 N–H and O–H groups in total. The van der Waals surface area contributed by atoms with Gasteiger partial charge in [-0.15, -0.1) is 0 Å². The molecule has 1 aliphatic heterocycles. The molecule has 1 heterocycles. The first-order valence-electron chi connectivity index (χ1n) is 3.68. The second-order valence-corrected chi connectivity index (χ2v) is 4.05. The van der Waals surface area contributed by atoms with Crippen molar-refractivity contribution < 1.29 is 4.52 Å². The van der Waals surface area contributed by atoms with Crippen LogP contribution >= 0.6 is 8.30 Å². The van der Waals surface area contributed by atoms with Gasteiger partial charge in [-0.25, -0.2) is 0 Å². The maximum Gasteiger partial charge on any atom is 0.134 e. The molecule has 1 unspecified atom stereocenters. The molecule has 0 amide bonds. The highest BCUT2D eigenvalue weighted by molar-refractivity contribution is 7.59. The van der Waals surface area contributed by atoms with E-state index in [2.05, 4.69) is 17.2 Å². The van der Waals surface area contributed by atoms with Crippen LogP contribution in [0.3, 0.4) is 0 Å². The molecule has 0 aromatic heterocycles. The van der Waals surface area contributed by atoms with Crippen LogP contribution in [0.4, 0.5) is 0 Å². The molecule has 1 aliphatic rings. The molecular weight excluding hydrogens is 168 g/mol. The Bertz CT molecular complexity index is 226. The van der Waals surface area contributed by atoms with Gasteiger partial charge in [-0.2, -0.15) is 0 Å². The van der Waals surface area contributed by atoms with Gasteiger partial charge >= 0.3 is 0 Å². The number of nitrogens with one attached hydrogen (secondary N) is 1. The number of hydrogen-bond acceptors (Lipinski definition) is 2. The fourth-order valence-corrected chi connectivity index (χ4v) is 2.49. The highest BCUT2D eigenvalue weighted by atomic mass is 31.2. The third-order valence-corrected chi connectivity index (χ3v) is 3.29. The van der Waals surface area contributed by atoms with Crippen molar-refractivity contribution in [3.05, 3.63) is 30.3 Å². The third kappa shape index (κ3) is 2.07. The lowest BCUT2D eigenvalue weighted by Gasteiger charge is -2.07. The minimum absolute atomic E-state index is 0. The van der Waals surface area contributed by atoms with Gasteiger partial charge in [0.15, 0.2) is 0 Å². The van der Waals surface area contributed by atoms with E-state index in [4.69, 9.17) is 4.52 Å². The predicted molar refractivity (Wildman–Crippen MR) is 56.9 cm³/mol. The van der Waals surface area contributed by atoms with Crippen LogP contribution in [0, 0.1) is 0 Å². The van der Waals surface area contributed by atoms with Gasteiger partial charge in [0.1, 0.15) is 8.30 Å². The summed E-state index contributed by atoms with van der Waals surface area (Å²) in [6, 6.07) is 10.3. The molecule has 0 bridgehead atoms. The van der Waals surface area contributed by atoms with Gasteiger partial charge in [0.2, 0.25) is 0 Å². The molecule has 2 rings (SSSR count). The summed E-state index contributed by atoms with van der Waals surface area (Å²) in [6.07, 6.45) is 0. The van der Waals surface area contributed by atoms with Gasteiger partial charge in [-0.3, -0.25) is 5.09 Å². The zero-order valence-electron chi connectivity index (χ0n) is 6.16. The monoisotopic (exact) mass is 181 g/mol. The van der Waals surface area contributed by atoms with Gasteiger partial charge in [-0.05, 0) is 0 Å².